The first-order chi connectivity index (χ1) is 37.4. The van der Waals surface area contributed by atoms with Crippen molar-refractivity contribution in [1.29, 1.82) is 0 Å². The summed E-state index contributed by atoms with van der Waals surface area (Å²) in [4.78, 5) is 147. The quantitative estimate of drug-likeness (QED) is 0.0367. The molecule has 1 fully saturated rings. The van der Waals surface area contributed by atoms with Crippen molar-refractivity contribution >= 4 is 70.0 Å². The van der Waals surface area contributed by atoms with Crippen LogP contribution in [0.4, 0.5) is 0 Å². The minimum atomic E-state index is -1.43. The van der Waals surface area contributed by atoms with Crippen molar-refractivity contribution in [1.82, 2.24) is 62.4 Å². The number of carbonyl (C=O) groups excluding carboxylic acids is 9. The Labute approximate surface area is 459 Å². The molecule has 0 unspecified atom stereocenters. The maximum absolute atomic E-state index is 14.5. The second kappa shape index (κ2) is 29.0. The van der Waals surface area contributed by atoms with Crippen molar-refractivity contribution in [3.8, 4) is 0 Å². The van der Waals surface area contributed by atoms with E-state index in [4.69, 9.17) is 5.73 Å². The molecule has 13 N–H and O–H groups in total. The van der Waals surface area contributed by atoms with E-state index in [1.165, 1.54) is 26.5 Å². The molecule has 1 aliphatic rings. The Morgan fingerprint density at radius 2 is 1.34 bits per heavy atom. The fraction of sp³-hybridized carbons (Fsp3) is 0.509. The fourth-order valence-electron chi connectivity index (χ4n) is 9.07. The van der Waals surface area contributed by atoms with Gasteiger partial charge in [-0.2, -0.15) is 0 Å². The Balaban J connectivity index is 1.32. The van der Waals surface area contributed by atoms with Crippen LogP contribution in [0.15, 0.2) is 73.3 Å². The van der Waals surface area contributed by atoms with E-state index in [2.05, 4.69) is 57.5 Å². The summed E-state index contributed by atoms with van der Waals surface area (Å²) in [6.07, 6.45) is 6.23. The van der Waals surface area contributed by atoms with E-state index in [1.54, 1.807) is 71.1 Å². The lowest BCUT2D eigenvalue weighted by Gasteiger charge is -2.34. The predicted molar refractivity (Wildman–Crippen MR) is 292 cm³/mol. The van der Waals surface area contributed by atoms with Gasteiger partial charge in [-0.05, 0) is 67.7 Å². The van der Waals surface area contributed by atoms with Crippen LogP contribution in [0.3, 0.4) is 0 Å². The number of aromatic nitrogens is 3. The molecule has 4 aromatic rings. The number of carboxylic acids is 1. The number of carboxylic acid groups (broad SMARTS) is 1. The molecular formula is C55H77N13O11. The molecule has 24 heteroatoms. The number of nitrogens with zero attached hydrogens (tertiary/aromatic N) is 2. The molecule has 24 nitrogen and oxygen atoms in total. The Bertz CT molecular complexity index is 2750. The number of rotatable bonds is 28. The Hall–Kier alpha value is -8.15. The number of imidazole rings is 1. The number of aliphatic carboxylic acids is 1. The van der Waals surface area contributed by atoms with E-state index < -0.39 is 114 Å². The van der Waals surface area contributed by atoms with Crippen LogP contribution in [0.25, 0.3) is 10.9 Å². The molecule has 8 atom stereocenters. The number of amides is 9. The molecule has 9 amide bonds. The lowest BCUT2D eigenvalue weighted by atomic mass is 9.85. The fourth-order valence-corrected chi connectivity index (χ4v) is 9.07. The van der Waals surface area contributed by atoms with Crippen LogP contribution in [-0.2, 0) is 67.2 Å². The van der Waals surface area contributed by atoms with Crippen LogP contribution in [-0.4, -0.2) is 153 Å². The van der Waals surface area contributed by atoms with Crippen LogP contribution >= 0.6 is 0 Å². The van der Waals surface area contributed by atoms with Crippen LogP contribution in [0.1, 0.15) is 96.9 Å². The minimum Gasteiger partial charge on any atom is -0.480 e. The number of likely N-dealkylation sites (N-methyl/N-ethyl adjacent to an activating group) is 1. The van der Waals surface area contributed by atoms with Gasteiger partial charge in [-0.3, -0.25) is 43.2 Å². The number of nitrogens with two attached hydrogens (primary N) is 1. The molecular weight excluding hydrogens is 1020 g/mol. The average molecular weight is 1100 g/mol. The molecule has 79 heavy (non-hydrogen) atoms. The van der Waals surface area contributed by atoms with E-state index in [0.29, 0.717) is 24.2 Å². The average Bonchev–Trinajstić information content (AvgIpc) is 4.15. The van der Waals surface area contributed by atoms with Gasteiger partial charge in [0.05, 0.1) is 24.6 Å². The van der Waals surface area contributed by atoms with Gasteiger partial charge in [-0.15, -0.1) is 0 Å². The zero-order valence-electron chi connectivity index (χ0n) is 45.9. The summed E-state index contributed by atoms with van der Waals surface area (Å²) in [7, 11) is 1.33. The van der Waals surface area contributed by atoms with E-state index in [-0.39, 0.29) is 50.4 Å². The van der Waals surface area contributed by atoms with Gasteiger partial charge in [0.2, 0.25) is 53.2 Å². The van der Waals surface area contributed by atoms with Gasteiger partial charge >= 0.3 is 5.97 Å². The minimum absolute atomic E-state index is 0.0680. The van der Waals surface area contributed by atoms with Gasteiger partial charge in [0, 0.05) is 56.0 Å². The van der Waals surface area contributed by atoms with E-state index in [1.807, 2.05) is 24.3 Å². The van der Waals surface area contributed by atoms with E-state index >= 15 is 0 Å². The highest BCUT2D eigenvalue weighted by Crippen LogP contribution is 2.22. The first-order valence-corrected chi connectivity index (χ1v) is 26.6. The molecule has 0 spiro atoms. The van der Waals surface area contributed by atoms with Crippen molar-refractivity contribution in [2.45, 2.75) is 148 Å². The van der Waals surface area contributed by atoms with Crippen molar-refractivity contribution in [2.24, 2.45) is 17.1 Å². The number of carbonyl (C=O) groups is 10. The summed E-state index contributed by atoms with van der Waals surface area (Å²) in [6, 6.07) is 6.59. The highest BCUT2D eigenvalue weighted by Gasteiger charge is 2.38. The third kappa shape index (κ3) is 19.1. The SMILES string of the molecule is CC(C)C[C@H](NC(=O)[C@H](Cc1c[nH]cn1)NC(=O)CN(C)C(=O)[C@@H](NC(=O)[C@H](C)NC(=O)[C@H](Cc1c[nH]c2ccccc12)NC(=O)[C@H](CCC(N)=O)NC(=O)[C@@H](Cc1ccccc1)NC(=O)[C@@H]1CCCCN1)C(C)(C)C)C(=O)O. The summed E-state index contributed by atoms with van der Waals surface area (Å²) in [5, 5.41) is 32.4. The number of para-hydroxylation sites is 1. The van der Waals surface area contributed by atoms with Gasteiger partial charge < -0.3 is 68.2 Å². The van der Waals surface area contributed by atoms with Crippen molar-refractivity contribution in [3.63, 3.8) is 0 Å². The van der Waals surface area contributed by atoms with Crippen LogP contribution < -0.4 is 48.3 Å². The van der Waals surface area contributed by atoms with Crippen molar-refractivity contribution in [2.75, 3.05) is 20.1 Å². The highest BCUT2D eigenvalue weighted by molar-refractivity contribution is 5.98. The second-order valence-electron chi connectivity index (χ2n) is 21.6. The summed E-state index contributed by atoms with van der Waals surface area (Å²) < 4.78 is 0. The zero-order chi connectivity index (χ0) is 58.0. The van der Waals surface area contributed by atoms with Crippen LogP contribution in [0.5, 0.6) is 0 Å². The van der Waals surface area contributed by atoms with Gasteiger partial charge in [-0.1, -0.05) is 89.6 Å². The number of fused-ring (bicyclic) bond motifs is 1. The molecule has 2 aromatic carbocycles. The predicted octanol–water partition coefficient (Wildman–Crippen LogP) is 0.375. The molecule has 1 aliphatic heterocycles. The second-order valence-corrected chi connectivity index (χ2v) is 21.6. The van der Waals surface area contributed by atoms with Gasteiger partial charge in [0.25, 0.3) is 0 Å². The maximum Gasteiger partial charge on any atom is 0.326 e. The largest absolute Gasteiger partial charge is 0.480 e. The zero-order valence-corrected chi connectivity index (χ0v) is 45.9. The molecule has 3 heterocycles. The van der Waals surface area contributed by atoms with Gasteiger partial charge in [0.15, 0.2) is 0 Å². The first-order valence-electron chi connectivity index (χ1n) is 26.6. The molecule has 428 valence electrons. The number of hydrogen-bond donors (Lipinski definition) is 12. The summed E-state index contributed by atoms with van der Waals surface area (Å²) >= 11 is 0. The third-order valence-corrected chi connectivity index (χ3v) is 13.4. The summed E-state index contributed by atoms with van der Waals surface area (Å²) in [5.41, 5.74) is 7.03. The molecule has 0 radical (unpaired) electrons. The standard InChI is InChI=1S/C55H77N13O11/c1-31(2)23-43(54(78)79)66-52(76)42(26-35-28-57-30-60-35)62-45(70)29-68(7)53(77)46(55(4,5)6)67-47(71)32(3)61-50(74)41(25-34-27-59-37-18-12-11-17-36(34)37)65-49(73)39(20-21-44(56)69)63-51(75)40(24-33-15-9-8-10-16-33)64-48(72)38-19-13-14-22-58-38/h8-12,15-18,27-28,30-32,38-43,46,58-59H,13-14,19-26,29H2,1-7H3,(H2,56,69)(H,57,60)(H,61,74)(H,62,70)(H,63,75)(H,64,72)(H,65,73)(H,66,76)(H,67,71)(H,78,79)/t32-,38-,39-,40+,41-,42-,43-,46+/m0/s1. The first kappa shape index (κ1) is 61.7. The maximum atomic E-state index is 14.5. The lowest BCUT2D eigenvalue weighted by molar-refractivity contribution is -0.143. The number of hydrogen-bond acceptors (Lipinski definition) is 12. The topological polar surface area (TPSA) is 361 Å². The van der Waals surface area contributed by atoms with Crippen LogP contribution in [0.2, 0.25) is 0 Å². The van der Waals surface area contributed by atoms with Crippen molar-refractivity contribution in [3.05, 3.63) is 90.1 Å². The normalized spacial score (nSPS) is 16.1. The smallest absolute Gasteiger partial charge is 0.326 e. The molecule has 5 rings (SSSR count). The van der Waals surface area contributed by atoms with E-state index in [9.17, 15) is 53.1 Å². The summed E-state index contributed by atoms with van der Waals surface area (Å²) in [5.74, 6) is -7.92. The highest BCUT2D eigenvalue weighted by atomic mass is 16.4. The number of benzene rings is 2. The Kier molecular flexibility index (Phi) is 22.7. The molecule has 2 aromatic heterocycles. The number of piperidine rings is 1. The van der Waals surface area contributed by atoms with E-state index in [0.717, 1.165) is 34.2 Å². The number of primary amides is 1. The molecule has 1 saturated heterocycles. The molecule has 0 aliphatic carbocycles. The van der Waals surface area contributed by atoms with Gasteiger partial charge in [0.1, 0.15) is 42.3 Å². The third-order valence-electron chi connectivity index (χ3n) is 13.4. The Morgan fingerprint density at radius 3 is 1.96 bits per heavy atom. The number of aromatic amines is 2. The number of nitrogens with one attached hydrogen (secondary N) is 10. The Morgan fingerprint density at radius 1 is 0.722 bits per heavy atom. The lowest BCUT2D eigenvalue weighted by Crippen LogP contribution is -2.61. The monoisotopic (exact) mass is 1100 g/mol. The van der Waals surface area contributed by atoms with Crippen LogP contribution in [0, 0.1) is 11.3 Å². The van der Waals surface area contributed by atoms with Crippen molar-refractivity contribution < 1.29 is 53.1 Å². The molecule has 0 saturated carbocycles. The molecule has 0 bridgehead atoms. The number of H-pyrrole nitrogens is 2. The van der Waals surface area contributed by atoms with Gasteiger partial charge in [-0.25, -0.2) is 9.78 Å². The summed E-state index contributed by atoms with van der Waals surface area (Å²) in [6.45, 7) is 10.1.